The van der Waals surface area contributed by atoms with E-state index in [9.17, 15) is 0 Å². The van der Waals surface area contributed by atoms with Crippen molar-refractivity contribution in [3.63, 3.8) is 0 Å². The highest BCUT2D eigenvalue weighted by atomic mass is 32.1. The number of nitrogens with zero attached hydrogens (tertiary/aromatic N) is 1. The summed E-state index contributed by atoms with van der Waals surface area (Å²) in [6, 6.07) is 14.0. The van der Waals surface area contributed by atoms with Crippen molar-refractivity contribution < 1.29 is 9.47 Å². The first-order valence-electron chi connectivity index (χ1n) is 8.00. The van der Waals surface area contributed by atoms with E-state index in [0.717, 1.165) is 5.56 Å². The van der Waals surface area contributed by atoms with E-state index in [1.807, 2.05) is 0 Å². The zero-order valence-corrected chi connectivity index (χ0v) is 15.2. The van der Waals surface area contributed by atoms with E-state index in [0.29, 0.717) is 34.2 Å². The standard InChI is InChI=1S/C19H20N4O2S/c1-13(23-22)19(26)12-24-15-6-8-17(9-7-15)25-16-4-2-14(3-5-16)18(21)10-11-20/h2-9,11,13,20-22H,10,12H2,1H3. The second-order valence-corrected chi connectivity index (χ2v) is 6.07. The van der Waals surface area contributed by atoms with Gasteiger partial charge in [-0.3, -0.25) is 0 Å². The van der Waals surface area contributed by atoms with Crippen molar-refractivity contribution in [3.05, 3.63) is 54.1 Å². The summed E-state index contributed by atoms with van der Waals surface area (Å²) in [6.45, 7) is 2.00. The number of ether oxygens (including phenoxy) is 2. The van der Waals surface area contributed by atoms with Crippen molar-refractivity contribution in [1.29, 1.82) is 16.3 Å². The molecule has 2 rings (SSSR count). The molecule has 0 aliphatic rings. The van der Waals surface area contributed by atoms with Crippen LogP contribution in [0, 0.1) is 16.3 Å². The molecular formula is C19H20N4O2S. The molecule has 6 nitrogen and oxygen atoms in total. The predicted molar refractivity (Wildman–Crippen MR) is 106 cm³/mol. The van der Waals surface area contributed by atoms with Gasteiger partial charge in [0.15, 0.2) is 0 Å². The fraction of sp³-hybridized carbons (Fsp3) is 0.211. The number of thiocarbonyl (C=S) groups is 1. The van der Waals surface area contributed by atoms with Gasteiger partial charge in [-0.1, -0.05) is 12.2 Å². The van der Waals surface area contributed by atoms with Crippen LogP contribution < -0.4 is 9.47 Å². The fourth-order valence-electron chi connectivity index (χ4n) is 2.03. The Kier molecular flexibility index (Phi) is 7.11. The summed E-state index contributed by atoms with van der Waals surface area (Å²) in [5.74, 6) is 1.99. The van der Waals surface area contributed by atoms with Gasteiger partial charge in [-0.15, -0.1) is 0 Å². The van der Waals surface area contributed by atoms with Crippen LogP contribution in [-0.4, -0.2) is 29.4 Å². The maximum absolute atomic E-state index is 7.82. The molecule has 0 aliphatic carbocycles. The largest absolute Gasteiger partial charge is 0.488 e. The highest BCUT2D eigenvalue weighted by Gasteiger charge is 2.08. The van der Waals surface area contributed by atoms with E-state index in [1.54, 1.807) is 55.5 Å². The lowest BCUT2D eigenvalue weighted by Crippen LogP contribution is -2.19. The Morgan fingerprint density at radius 2 is 1.62 bits per heavy atom. The van der Waals surface area contributed by atoms with Crippen LogP contribution in [0.2, 0.25) is 0 Å². The molecule has 26 heavy (non-hydrogen) atoms. The van der Waals surface area contributed by atoms with E-state index in [-0.39, 0.29) is 12.6 Å². The molecule has 0 heterocycles. The van der Waals surface area contributed by atoms with Crippen molar-refractivity contribution in [1.82, 2.24) is 0 Å². The first-order valence-corrected chi connectivity index (χ1v) is 8.41. The molecule has 0 aromatic heterocycles. The maximum atomic E-state index is 7.82. The molecule has 0 aliphatic heterocycles. The summed E-state index contributed by atoms with van der Waals surface area (Å²) >= 11 is 5.14. The number of hydrogen-bond acceptors (Lipinski definition) is 7. The lowest BCUT2D eigenvalue weighted by molar-refractivity contribution is 0.374. The lowest BCUT2D eigenvalue weighted by atomic mass is 10.1. The van der Waals surface area contributed by atoms with Crippen LogP contribution in [0.5, 0.6) is 17.2 Å². The van der Waals surface area contributed by atoms with Crippen LogP contribution in [0.25, 0.3) is 0 Å². The van der Waals surface area contributed by atoms with Crippen molar-refractivity contribution in [3.8, 4) is 17.2 Å². The Morgan fingerprint density at radius 1 is 1.08 bits per heavy atom. The molecular weight excluding hydrogens is 348 g/mol. The van der Waals surface area contributed by atoms with Gasteiger partial charge < -0.3 is 20.3 Å². The molecule has 0 saturated heterocycles. The van der Waals surface area contributed by atoms with Crippen LogP contribution >= 0.6 is 12.2 Å². The van der Waals surface area contributed by atoms with Gasteiger partial charge in [-0.05, 0) is 61.0 Å². The van der Waals surface area contributed by atoms with Crippen LogP contribution in [0.15, 0.2) is 53.6 Å². The molecule has 3 N–H and O–H groups in total. The van der Waals surface area contributed by atoms with Crippen LogP contribution in [0.1, 0.15) is 18.9 Å². The predicted octanol–water partition coefficient (Wildman–Crippen LogP) is 5.05. The van der Waals surface area contributed by atoms with Gasteiger partial charge in [0.1, 0.15) is 29.9 Å². The Morgan fingerprint density at radius 3 is 2.15 bits per heavy atom. The Hall–Kier alpha value is -2.93. The highest BCUT2D eigenvalue weighted by Crippen LogP contribution is 2.24. The van der Waals surface area contributed by atoms with Crippen molar-refractivity contribution >= 4 is 29.0 Å². The minimum absolute atomic E-state index is 0.238. The quantitative estimate of drug-likeness (QED) is 0.310. The third-order valence-corrected chi connectivity index (χ3v) is 4.07. The topological polar surface area (TPSA) is 102 Å². The van der Waals surface area contributed by atoms with E-state index in [1.165, 1.54) is 6.21 Å². The molecule has 7 heteroatoms. The molecule has 2 aromatic rings. The summed E-state index contributed by atoms with van der Waals surface area (Å²) in [6.07, 6.45) is 1.53. The average molecular weight is 368 g/mol. The zero-order chi connectivity index (χ0) is 18.9. The van der Waals surface area contributed by atoms with Crippen LogP contribution in [-0.2, 0) is 0 Å². The highest BCUT2D eigenvalue weighted by molar-refractivity contribution is 7.80. The van der Waals surface area contributed by atoms with Gasteiger partial charge in [0, 0.05) is 18.3 Å². The Bertz CT molecular complexity index is 788. The summed E-state index contributed by atoms with van der Waals surface area (Å²) in [4.78, 5) is 0.578. The third-order valence-electron chi connectivity index (χ3n) is 3.61. The van der Waals surface area contributed by atoms with E-state index in [2.05, 4.69) is 5.11 Å². The lowest BCUT2D eigenvalue weighted by Gasteiger charge is -2.10. The minimum atomic E-state index is -0.323. The number of hydrogen-bond donors (Lipinski definition) is 3. The summed E-state index contributed by atoms with van der Waals surface area (Å²) in [7, 11) is 0. The van der Waals surface area contributed by atoms with E-state index < -0.39 is 0 Å². The average Bonchev–Trinajstić information content (AvgIpc) is 2.67. The van der Waals surface area contributed by atoms with E-state index >= 15 is 0 Å². The number of rotatable bonds is 10. The van der Waals surface area contributed by atoms with Crippen LogP contribution in [0.3, 0.4) is 0 Å². The molecule has 2 aromatic carbocycles. The molecule has 1 unspecified atom stereocenters. The Labute approximate surface area is 157 Å². The van der Waals surface area contributed by atoms with E-state index in [4.69, 9.17) is 38.0 Å². The summed E-state index contributed by atoms with van der Waals surface area (Å²) in [5.41, 5.74) is 8.13. The number of nitrogens with one attached hydrogen (secondary N) is 3. The second-order valence-electron chi connectivity index (χ2n) is 5.54. The van der Waals surface area contributed by atoms with Gasteiger partial charge in [0.25, 0.3) is 0 Å². The molecule has 0 bridgehead atoms. The van der Waals surface area contributed by atoms with Crippen molar-refractivity contribution in [2.24, 2.45) is 5.11 Å². The minimum Gasteiger partial charge on any atom is -0.488 e. The molecule has 0 amide bonds. The monoisotopic (exact) mass is 368 g/mol. The number of benzene rings is 2. The third kappa shape index (κ3) is 5.56. The van der Waals surface area contributed by atoms with Gasteiger partial charge in [0.2, 0.25) is 0 Å². The van der Waals surface area contributed by atoms with Gasteiger partial charge in [-0.2, -0.15) is 5.11 Å². The fourth-order valence-corrected chi connectivity index (χ4v) is 2.14. The van der Waals surface area contributed by atoms with Gasteiger partial charge in [0.05, 0.1) is 4.86 Å². The molecule has 0 spiro atoms. The molecule has 0 radical (unpaired) electrons. The zero-order valence-electron chi connectivity index (χ0n) is 14.4. The summed E-state index contributed by atoms with van der Waals surface area (Å²) in [5, 5.41) is 18.2. The van der Waals surface area contributed by atoms with Gasteiger partial charge in [-0.25, -0.2) is 5.53 Å². The SMILES string of the molecule is CC(N=N)C(=S)COc1ccc(Oc2ccc(C(=N)CC=N)cc2)cc1. The molecule has 1 atom stereocenters. The first-order chi connectivity index (χ1) is 12.5. The maximum Gasteiger partial charge on any atom is 0.127 e. The van der Waals surface area contributed by atoms with Gasteiger partial charge >= 0.3 is 0 Å². The molecule has 134 valence electrons. The smallest absolute Gasteiger partial charge is 0.127 e. The second kappa shape index (κ2) is 9.53. The first kappa shape index (κ1) is 19.4. The van der Waals surface area contributed by atoms with Crippen molar-refractivity contribution in [2.75, 3.05) is 6.61 Å². The normalized spacial score (nSPS) is 11.3. The van der Waals surface area contributed by atoms with Crippen LogP contribution in [0.4, 0.5) is 0 Å². The summed E-state index contributed by atoms with van der Waals surface area (Å²) < 4.78 is 11.4. The molecule has 0 saturated carbocycles. The molecule has 0 fully saturated rings. The van der Waals surface area contributed by atoms with Crippen molar-refractivity contribution in [2.45, 2.75) is 19.4 Å². The Balaban J connectivity index is 1.92.